The first-order chi connectivity index (χ1) is 13.3. The monoisotopic (exact) mass is 386 g/mol. The Kier molecular flexibility index (Phi) is 5.94. The van der Waals surface area contributed by atoms with E-state index in [2.05, 4.69) is 34.5 Å². The summed E-state index contributed by atoms with van der Waals surface area (Å²) in [5.74, 6) is 1.97. The van der Waals surface area contributed by atoms with Gasteiger partial charge in [0.15, 0.2) is 11.5 Å². The number of rotatable bonds is 7. The molecule has 1 aromatic carbocycles. The molecule has 2 aromatic rings. The van der Waals surface area contributed by atoms with Gasteiger partial charge in [-0.15, -0.1) is 11.3 Å². The summed E-state index contributed by atoms with van der Waals surface area (Å²) in [5.41, 5.74) is 1.23. The number of hydrogen-bond donors (Lipinski definition) is 0. The van der Waals surface area contributed by atoms with E-state index >= 15 is 0 Å². The lowest BCUT2D eigenvalue weighted by Gasteiger charge is -2.34. The van der Waals surface area contributed by atoms with Crippen LogP contribution in [-0.4, -0.2) is 48.7 Å². The van der Waals surface area contributed by atoms with Crippen molar-refractivity contribution in [2.24, 2.45) is 0 Å². The Balaban J connectivity index is 1.16. The second-order valence-corrected chi connectivity index (χ2v) is 8.16. The van der Waals surface area contributed by atoms with Crippen LogP contribution in [0.5, 0.6) is 11.5 Å². The van der Waals surface area contributed by atoms with Crippen LogP contribution in [0.25, 0.3) is 0 Å². The molecule has 144 valence electrons. The van der Waals surface area contributed by atoms with E-state index in [-0.39, 0.29) is 0 Å². The number of amides is 1. The average molecular weight is 387 g/mol. The van der Waals surface area contributed by atoms with Gasteiger partial charge in [0.2, 0.25) is 12.7 Å². The highest BCUT2D eigenvalue weighted by Gasteiger charge is 2.21. The summed E-state index contributed by atoms with van der Waals surface area (Å²) in [4.78, 5) is 18.3. The van der Waals surface area contributed by atoms with Gasteiger partial charge >= 0.3 is 0 Å². The summed E-state index contributed by atoms with van der Waals surface area (Å²) >= 11 is 1.80. The normalized spacial score (nSPS) is 16.7. The number of ether oxygens (including phenoxy) is 2. The number of unbranched alkanes of at least 4 members (excludes halogenated alkanes) is 1. The SMILES string of the molecule is O=C(CCCCc1cccs1)N1CCN(Cc2ccc3c(c2)OCO3)CC1. The molecule has 0 radical (unpaired) electrons. The summed E-state index contributed by atoms with van der Waals surface area (Å²) in [6.07, 6.45) is 3.84. The van der Waals surface area contributed by atoms with Gasteiger partial charge in [0.05, 0.1) is 0 Å². The van der Waals surface area contributed by atoms with E-state index in [1.807, 2.05) is 11.0 Å². The smallest absolute Gasteiger partial charge is 0.231 e. The maximum Gasteiger partial charge on any atom is 0.231 e. The summed E-state index contributed by atoms with van der Waals surface area (Å²) < 4.78 is 10.8. The Morgan fingerprint density at radius 2 is 1.89 bits per heavy atom. The minimum atomic E-state index is 0.309. The number of benzene rings is 1. The van der Waals surface area contributed by atoms with Crippen LogP contribution in [0.15, 0.2) is 35.7 Å². The van der Waals surface area contributed by atoms with Crippen molar-refractivity contribution < 1.29 is 14.3 Å². The predicted molar refractivity (Wildman–Crippen MR) is 106 cm³/mol. The van der Waals surface area contributed by atoms with E-state index in [4.69, 9.17) is 9.47 Å². The number of fused-ring (bicyclic) bond motifs is 1. The molecule has 2 aliphatic heterocycles. The van der Waals surface area contributed by atoms with Crippen LogP contribution in [0.2, 0.25) is 0 Å². The zero-order valence-electron chi connectivity index (χ0n) is 15.6. The molecule has 0 N–H and O–H groups in total. The Bertz CT molecular complexity index is 755. The number of thiophene rings is 1. The van der Waals surface area contributed by atoms with Crippen LogP contribution in [-0.2, 0) is 17.8 Å². The van der Waals surface area contributed by atoms with Crippen molar-refractivity contribution in [1.29, 1.82) is 0 Å². The van der Waals surface area contributed by atoms with Crippen LogP contribution in [0.3, 0.4) is 0 Å². The lowest BCUT2D eigenvalue weighted by Crippen LogP contribution is -2.48. The van der Waals surface area contributed by atoms with Gasteiger partial charge in [-0.25, -0.2) is 0 Å². The zero-order valence-corrected chi connectivity index (χ0v) is 16.4. The molecule has 1 saturated heterocycles. The van der Waals surface area contributed by atoms with E-state index in [1.165, 1.54) is 10.4 Å². The van der Waals surface area contributed by atoms with E-state index in [9.17, 15) is 4.79 Å². The Labute approximate surface area is 164 Å². The number of piperazine rings is 1. The molecule has 27 heavy (non-hydrogen) atoms. The van der Waals surface area contributed by atoms with Gasteiger partial charge in [-0.3, -0.25) is 9.69 Å². The highest BCUT2D eigenvalue weighted by atomic mass is 32.1. The third-order valence-electron chi connectivity index (χ3n) is 5.21. The quantitative estimate of drug-likeness (QED) is 0.683. The first kappa shape index (κ1) is 18.3. The van der Waals surface area contributed by atoms with Crippen LogP contribution in [0, 0.1) is 0 Å². The number of carbonyl (C=O) groups is 1. The molecule has 3 heterocycles. The fourth-order valence-electron chi connectivity index (χ4n) is 3.64. The lowest BCUT2D eigenvalue weighted by atomic mass is 10.1. The van der Waals surface area contributed by atoms with Gasteiger partial charge in [-0.05, 0) is 48.4 Å². The predicted octanol–water partition coefficient (Wildman–Crippen LogP) is 3.53. The Hall–Kier alpha value is -2.05. The van der Waals surface area contributed by atoms with Crippen molar-refractivity contribution in [2.45, 2.75) is 32.2 Å². The molecule has 5 nitrogen and oxygen atoms in total. The summed E-state index contributed by atoms with van der Waals surface area (Å²) in [6.45, 7) is 4.71. The highest BCUT2D eigenvalue weighted by molar-refractivity contribution is 7.09. The third kappa shape index (κ3) is 4.82. The molecule has 1 amide bonds. The summed E-state index contributed by atoms with van der Waals surface area (Å²) in [6, 6.07) is 10.4. The number of aryl methyl sites for hydroxylation is 1. The zero-order chi connectivity index (χ0) is 18.5. The topological polar surface area (TPSA) is 42.0 Å². The van der Waals surface area contributed by atoms with Gasteiger partial charge < -0.3 is 14.4 Å². The molecule has 0 unspecified atom stereocenters. The summed E-state index contributed by atoms with van der Waals surface area (Å²) in [5, 5.41) is 2.11. The maximum absolute atomic E-state index is 12.4. The van der Waals surface area contributed by atoms with Crippen molar-refractivity contribution in [1.82, 2.24) is 9.80 Å². The van der Waals surface area contributed by atoms with Gasteiger partial charge in [0, 0.05) is 44.0 Å². The van der Waals surface area contributed by atoms with Crippen LogP contribution in [0.4, 0.5) is 0 Å². The van der Waals surface area contributed by atoms with Crippen molar-refractivity contribution in [3.05, 3.63) is 46.2 Å². The molecule has 2 aliphatic rings. The highest BCUT2D eigenvalue weighted by Crippen LogP contribution is 2.32. The lowest BCUT2D eigenvalue weighted by molar-refractivity contribution is -0.133. The largest absolute Gasteiger partial charge is 0.454 e. The van der Waals surface area contributed by atoms with E-state index < -0.39 is 0 Å². The van der Waals surface area contributed by atoms with E-state index in [1.54, 1.807) is 11.3 Å². The molecule has 0 spiro atoms. The van der Waals surface area contributed by atoms with Crippen LogP contribution in [0.1, 0.15) is 29.7 Å². The minimum Gasteiger partial charge on any atom is -0.454 e. The van der Waals surface area contributed by atoms with E-state index in [0.29, 0.717) is 19.1 Å². The molecule has 0 atom stereocenters. The molecule has 6 heteroatoms. The second kappa shape index (κ2) is 8.76. The fraction of sp³-hybridized carbons (Fsp3) is 0.476. The summed E-state index contributed by atoms with van der Waals surface area (Å²) in [7, 11) is 0. The van der Waals surface area contributed by atoms with Crippen molar-refractivity contribution in [3.8, 4) is 11.5 Å². The molecule has 1 fully saturated rings. The first-order valence-corrected chi connectivity index (χ1v) is 10.6. The Morgan fingerprint density at radius 1 is 1.04 bits per heavy atom. The molecular formula is C21H26N2O3S. The minimum absolute atomic E-state index is 0.309. The maximum atomic E-state index is 12.4. The third-order valence-corrected chi connectivity index (χ3v) is 6.15. The molecular weight excluding hydrogens is 360 g/mol. The number of hydrogen-bond acceptors (Lipinski definition) is 5. The van der Waals surface area contributed by atoms with Crippen molar-refractivity contribution in [2.75, 3.05) is 33.0 Å². The molecule has 0 bridgehead atoms. The van der Waals surface area contributed by atoms with Crippen LogP contribution >= 0.6 is 11.3 Å². The van der Waals surface area contributed by atoms with Gasteiger partial charge in [-0.1, -0.05) is 12.1 Å². The second-order valence-electron chi connectivity index (χ2n) is 7.13. The first-order valence-electron chi connectivity index (χ1n) is 9.69. The molecule has 1 aromatic heterocycles. The van der Waals surface area contributed by atoms with Gasteiger partial charge in [0.25, 0.3) is 0 Å². The Morgan fingerprint density at radius 3 is 2.70 bits per heavy atom. The molecule has 0 aliphatic carbocycles. The molecule has 4 rings (SSSR count). The average Bonchev–Trinajstić information content (AvgIpc) is 3.37. The van der Waals surface area contributed by atoms with Crippen molar-refractivity contribution in [3.63, 3.8) is 0 Å². The van der Waals surface area contributed by atoms with Gasteiger partial charge in [-0.2, -0.15) is 0 Å². The number of nitrogens with zero attached hydrogens (tertiary/aromatic N) is 2. The van der Waals surface area contributed by atoms with E-state index in [0.717, 1.165) is 63.5 Å². The standard InChI is InChI=1S/C21H26N2O3S/c24-21(6-2-1-4-18-5-3-13-27-18)23-11-9-22(10-12-23)15-17-7-8-19-20(14-17)26-16-25-19/h3,5,7-8,13-14H,1-2,4,6,9-12,15-16H2. The van der Waals surface area contributed by atoms with Gasteiger partial charge in [0.1, 0.15) is 0 Å². The number of carbonyl (C=O) groups excluding carboxylic acids is 1. The fourth-order valence-corrected chi connectivity index (χ4v) is 4.39. The van der Waals surface area contributed by atoms with Crippen LogP contribution < -0.4 is 9.47 Å². The van der Waals surface area contributed by atoms with Crippen molar-refractivity contribution >= 4 is 17.2 Å². The molecule has 0 saturated carbocycles.